The van der Waals surface area contributed by atoms with E-state index in [9.17, 15) is 19.8 Å². The molecule has 0 saturated carbocycles. The second-order valence-electron chi connectivity index (χ2n) is 7.56. The molecule has 1 aliphatic carbocycles. The summed E-state index contributed by atoms with van der Waals surface area (Å²) in [6, 6.07) is 15.2. The molecular weight excluding hydrogens is 408 g/mol. The number of fused-ring (bicyclic) bond motifs is 2. The molecule has 7 nitrogen and oxygen atoms in total. The SMILES string of the molecule is CCN=c1ccc2c(-c3ccc(C(=O)[O-])cc3C(=O)O)c3ccc(N(C)C)cc3oc-2c1. The monoisotopic (exact) mass is 429 g/mol. The van der Waals surface area contributed by atoms with Crippen LogP contribution in [0.5, 0.6) is 0 Å². The molecule has 0 fully saturated rings. The molecule has 2 aliphatic rings. The number of rotatable bonds is 5. The van der Waals surface area contributed by atoms with E-state index in [0.29, 0.717) is 40.0 Å². The predicted molar refractivity (Wildman–Crippen MR) is 120 cm³/mol. The lowest BCUT2D eigenvalue weighted by atomic mass is 9.90. The minimum Gasteiger partial charge on any atom is -0.545 e. The Balaban J connectivity index is 2.14. The fraction of sp³-hybridized carbons (Fsp3) is 0.160. The molecule has 0 amide bonds. The number of aromatic carboxylic acids is 2. The first kappa shape index (κ1) is 21.1. The normalized spacial score (nSPS) is 11.8. The summed E-state index contributed by atoms with van der Waals surface area (Å²) in [5, 5.41) is 22.6. The molecule has 0 aromatic heterocycles. The molecule has 0 saturated heterocycles. The molecule has 0 bridgehead atoms. The largest absolute Gasteiger partial charge is 0.545 e. The van der Waals surface area contributed by atoms with Gasteiger partial charge in [-0.1, -0.05) is 12.1 Å². The van der Waals surface area contributed by atoms with Gasteiger partial charge in [-0.25, -0.2) is 4.79 Å². The molecule has 32 heavy (non-hydrogen) atoms. The van der Waals surface area contributed by atoms with Crippen molar-refractivity contribution < 1.29 is 24.2 Å². The van der Waals surface area contributed by atoms with Crippen molar-refractivity contribution in [2.24, 2.45) is 4.99 Å². The van der Waals surface area contributed by atoms with Crippen LogP contribution in [0.25, 0.3) is 33.4 Å². The average Bonchev–Trinajstić information content (AvgIpc) is 2.76. The molecule has 1 heterocycles. The van der Waals surface area contributed by atoms with E-state index in [1.807, 2.05) is 62.3 Å². The molecule has 1 aliphatic heterocycles. The van der Waals surface area contributed by atoms with E-state index in [1.165, 1.54) is 12.1 Å². The van der Waals surface area contributed by atoms with E-state index in [2.05, 4.69) is 4.99 Å². The Morgan fingerprint density at radius 3 is 2.44 bits per heavy atom. The van der Waals surface area contributed by atoms with Gasteiger partial charge in [-0.2, -0.15) is 0 Å². The summed E-state index contributed by atoms with van der Waals surface area (Å²) in [4.78, 5) is 29.8. The lowest BCUT2D eigenvalue weighted by molar-refractivity contribution is -0.255. The van der Waals surface area contributed by atoms with Crippen molar-refractivity contribution in [2.75, 3.05) is 25.5 Å². The Labute approximate surface area is 184 Å². The summed E-state index contributed by atoms with van der Waals surface area (Å²) in [7, 11) is 3.84. The Hall–Kier alpha value is -4.13. The van der Waals surface area contributed by atoms with Gasteiger partial charge in [0.1, 0.15) is 11.3 Å². The third-order valence-corrected chi connectivity index (χ3v) is 5.30. The molecule has 0 atom stereocenters. The third-order valence-electron chi connectivity index (χ3n) is 5.30. The highest BCUT2D eigenvalue weighted by Crippen LogP contribution is 2.42. The summed E-state index contributed by atoms with van der Waals surface area (Å²) in [6.07, 6.45) is 0. The van der Waals surface area contributed by atoms with Crippen molar-refractivity contribution in [3.05, 3.63) is 71.1 Å². The highest BCUT2D eigenvalue weighted by molar-refractivity contribution is 6.08. The average molecular weight is 429 g/mol. The van der Waals surface area contributed by atoms with Gasteiger partial charge in [0.25, 0.3) is 0 Å². The Kier molecular flexibility index (Phi) is 5.40. The third kappa shape index (κ3) is 3.69. The molecule has 7 heteroatoms. The fourth-order valence-electron chi connectivity index (χ4n) is 3.78. The second-order valence-corrected chi connectivity index (χ2v) is 7.56. The Morgan fingerprint density at radius 2 is 1.78 bits per heavy atom. The summed E-state index contributed by atoms with van der Waals surface area (Å²) < 4.78 is 6.21. The quantitative estimate of drug-likeness (QED) is 0.488. The lowest BCUT2D eigenvalue weighted by Gasteiger charge is -2.19. The van der Waals surface area contributed by atoms with Crippen LogP contribution in [0.2, 0.25) is 0 Å². The van der Waals surface area contributed by atoms with Gasteiger partial charge in [-0.05, 0) is 48.4 Å². The minimum absolute atomic E-state index is 0.125. The number of hydrogen-bond donors (Lipinski definition) is 1. The maximum Gasteiger partial charge on any atom is 0.336 e. The number of benzene rings is 3. The van der Waals surface area contributed by atoms with E-state index in [1.54, 1.807) is 0 Å². The standard InChI is InChI=1S/C25H22N2O5/c1-4-26-15-6-9-18-21(12-15)32-22-13-16(27(2)3)7-10-19(22)23(18)17-8-5-14(24(28)29)11-20(17)25(30)31/h5-13H,4H2,1-3H3,(H,28,29)(H,30,31)/p-1. The summed E-state index contributed by atoms with van der Waals surface area (Å²) in [5.41, 5.74) is 2.93. The number of carbonyl (C=O) groups is 2. The van der Waals surface area contributed by atoms with Crippen molar-refractivity contribution in [3.8, 4) is 22.5 Å². The number of nitrogens with zero attached hydrogens (tertiary/aromatic N) is 2. The van der Waals surface area contributed by atoms with Crippen LogP contribution in [-0.4, -0.2) is 37.7 Å². The van der Waals surface area contributed by atoms with Gasteiger partial charge < -0.3 is 24.3 Å². The first-order valence-corrected chi connectivity index (χ1v) is 10.1. The maximum absolute atomic E-state index is 12.1. The summed E-state index contributed by atoms with van der Waals surface area (Å²) >= 11 is 0. The molecule has 0 spiro atoms. The number of carbonyl (C=O) groups excluding carboxylic acids is 1. The number of anilines is 1. The van der Waals surface area contributed by atoms with Gasteiger partial charge in [0.2, 0.25) is 0 Å². The lowest BCUT2D eigenvalue weighted by Crippen LogP contribution is -2.22. The van der Waals surface area contributed by atoms with Gasteiger partial charge in [-0.15, -0.1) is 0 Å². The highest BCUT2D eigenvalue weighted by Gasteiger charge is 2.22. The number of hydrogen-bond acceptors (Lipinski definition) is 6. The van der Waals surface area contributed by atoms with Gasteiger partial charge in [-0.3, -0.25) is 4.99 Å². The van der Waals surface area contributed by atoms with Crippen LogP contribution in [0.4, 0.5) is 5.69 Å². The minimum atomic E-state index is -1.43. The smallest absolute Gasteiger partial charge is 0.336 e. The molecule has 1 N–H and O–H groups in total. The first-order valence-electron chi connectivity index (χ1n) is 10.1. The van der Waals surface area contributed by atoms with Crippen LogP contribution in [0.1, 0.15) is 27.6 Å². The predicted octanol–water partition coefficient (Wildman–Crippen LogP) is 3.25. The summed E-state index contributed by atoms with van der Waals surface area (Å²) in [6.45, 7) is 2.55. The maximum atomic E-state index is 12.1. The van der Waals surface area contributed by atoms with Crippen LogP contribution in [-0.2, 0) is 0 Å². The van der Waals surface area contributed by atoms with Crippen LogP contribution in [0, 0.1) is 0 Å². The van der Waals surface area contributed by atoms with Crippen molar-refractivity contribution in [1.29, 1.82) is 0 Å². The van der Waals surface area contributed by atoms with Crippen LogP contribution >= 0.6 is 0 Å². The molecule has 0 radical (unpaired) electrons. The van der Waals surface area contributed by atoms with Crippen molar-refractivity contribution in [3.63, 3.8) is 0 Å². The van der Waals surface area contributed by atoms with Crippen molar-refractivity contribution >= 4 is 28.6 Å². The van der Waals surface area contributed by atoms with Crippen molar-refractivity contribution in [1.82, 2.24) is 0 Å². The molecular formula is C25H21N2O5-. The van der Waals surface area contributed by atoms with E-state index in [0.717, 1.165) is 17.1 Å². The van der Waals surface area contributed by atoms with Gasteiger partial charge in [0, 0.05) is 55.0 Å². The van der Waals surface area contributed by atoms with E-state index >= 15 is 0 Å². The zero-order valence-electron chi connectivity index (χ0n) is 17.9. The van der Waals surface area contributed by atoms with Gasteiger partial charge in [0.05, 0.1) is 16.9 Å². The molecule has 2 aromatic carbocycles. The zero-order valence-corrected chi connectivity index (χ0v) is 17.9. The van der Waals surface area contributed by atoms with Crippen LogP contribution in [0.3, 0.4) is 0 Å². The van der Waals surface area contributed by atoms with Crippen LogP contribution in [0.15, 0.2) is 64.0 Å². The van der Waals surface area contributed by atoms with E-state index in [-0.39, 0.29) is 11.1 Å². The Morgan fingerprint density at radius 1 is 1.03 bits per heavy atom. The van der Waals surface area contributed by atoms with E-state index in [4.69, 9.17) is 4.42 Å². The molecule has 0 unspecified atom stereocenters. The summed E-state index contributed by atoms with van der Waals surface area (Å²) in [5.74, 6) is -2.11. The molecule has 162 valence electrons. The van der Waals surface area contributed by atoms with Gasteiger partial charge >= 0.3 is 5.97 Å². The molecule has 4 rings (SSSR count). The van der Waals surface area contributed by atoms with Crippen molar-refractivity contribution in [2.45, 2.75) is 6.92 Å². The van der Waals surface area contributed by atoms with Crippen LogP contribution < -0.4 is 15.4 Å². The van der Waals surface area contributed by atoms with E-state index < -0.39 is 11.9 Å². The topological polar surface area (TPSA) is 106 Å². The van der Waals surface area contributed by atoms with Gasteiger partial charge in [0.15, 0.2) is 0 Å². The fourth-order valence-corrected chi connectivity index (χ4v) is 3.78. The first-order chi connectivity index (χ1) is 15.3. The number of carboxylic acids is 2. The zero-order chi connectivity index (χ0) is 23.0. The number of carboxylic acid groups (broad SMARTS) is 2. The second kappa shape index (κ2) is 8.19. The molecule has 2 aromatic rings. The Bertz CT molecular complexity index is 1400. The highest BCUT2D eigenvalue weighted by atomic mass is 16.4.